The maximum atomic E-state index is 12.4. The minimum atomic E-state index is -0.720. The van der Waals surface area contributed by atoms with Crippen LogP contribution < -0.4 is 11.1 Å². The van der Waals surface area contributed by atoms with Gasteiger partial charge in [0.2, 0.25) is 0 Å². The van der Waals surface area contributed by atoms with Crippen LogP contribution in [0.15, 0.2) is 0 Å². The van der Waals surface area contributed by atoms with Crippen LogP contribution in [0.5, 0.6) is 0 Å². The van der Waals surface area contributed by atoms with Gasteiger partial charge >= 0.3 is 11.9 Å². The number of thiophene rings is 1. The van der Waals surface area contributed by atoms with E-state index >= 15 is 0 Å². The zero-order valence-electron chi connectivity index (χ0n) is 16.6. The molecular weight excluding hydrogens is 400 g/mol. The number of methoxy groups -OCH3 is 1. The Balaban J connectivity index is 2.00. The van der Waals surface area contributed by atoms with Crippen molar-refractivity contribution in [3.63, 3.8) is 0 Å². The van der Waals surface area contributed by atoms with E-state index in [-0.39, 0.29) is 28.7 Å². The number of hydrogen-bond donors (Lipinski definition) is 2. The van der Waals surface area contributed by atoms with E-state index in [9.17, 15) is 19.2 Å². The zero-order chi connectivity index (χ0) is 21.4. The molecule has 1 saturated carbocycles. The largest absolute Gasteiger partial charge is 0.460 e. The third kappa shape index (κ3) is 6.53. The lowest BCUT2D eigenvalue weighted by Gasteiger charge is -2.10. The van der Waals surface area contributed by atoms with Crippen LogP contribution in [0.4, 0.5) is 5.00 Å². The molecule has 29 heavy (non-hydrogen) atoms. The summed E-state index contributed by atoms with van der Waals surface area (Å²) in [6, 6.07) is 0. The second-order valence-electron chi connectivity index (χ2n) is 6.82. The van der Waals surface area contributed by atoms with Crippen molar-refractivity contribution in [2.45, 2.75) is 39.0 Å². The van der Waals surface area contributed by atoms with Gasteiger partial charge in [-0.1, -0.05) is 12.8 Å². The van der Waals surface area contributed by atoms with E-state index in [4.69, 9.17) is 19.9 Å². The van der Waals surface area contributed by atoms with Gasteiger partial charge in [-0.2, -0.15) is 0 Å². The maximum Gasteiger partial charge on any atom is 0.341 e. The molecule has 1 aromatic rings. The minimum Gasteiger partial charge on any atom is -0.460 e. The lowest BCUT2D eigenvalue weighted by atomic mass is 10.1. The molecule has 1 fully saturated rings. The molecule has 3 N–H and O–H groups in total. The predicted octanol–water partition coefficient (Wildman–Crippen LogP) is 2.02. The molecule has 1 aromatic heterocycles. The van der Waals surface area contributed by atoms with Crippen LogP contribution in [0.2, 0.25) is 0 Å². The first-order valence-corrected chi connectivity index (χ1v) is 10.2. The monoisotopic (exact) mass is 426 g/mol. The van der Waals surface area contributed by atoms with Gasteiger partial charge < -0.3 is 25.3 Å². The van der Waals surface area contributed by atoms with Gasteiger partial charge in [0.1, 0.15) is 11.6 Å². The molecule has 10 heteroatoms. The quantitative estimate of drug-likeness (QED) is 0.432. The topological polar surface area (TPSA) is 134 Å². The molecule has 0 saturated heterocycles. The Hall–Kier alpha value is -2.46. The first-order valence-electron chi connectivity index (χ1n) is 9.38. The highest BCUT2D eigenvalue weighted by Gasteiger charge is 2.26. The van der Waals surface area contributed by atoms with Crippen LogP contribution in [-0.2, 0) is 23.8 Å². The summed E-state index contributed by atoms with van der Waals surface area (Å²) in [6.07, 6.45) is 4.53. The number of rotatable bonds is 10. The summed E-state index contributed by atoms with van der Waals surface area (Å²) in [4.78, 5) is 48.2. The van der Waals surface area contributed by atoms with E-state index < -0.39 is 30.4 Å². The molecule has 1 aliphatic carbocycles. The number of ether oxygens (including phenoxy) is 3. The van der Waals surface area contributed by atoms with Crippen LogP contribution in [0.25, 0.3) is 0 Å². The van der Waals surface area contributed by atoms with Gasteiger partial charge in [-0.3, -0.25) is 14.4 Å². The lowest BCUT2D eigenvalue weighted by Crippen LogP contribution is -2.22. The summed E-state index contributed by atoms with van der Waals surface area (Å²) in [5.41, 5.74) is 5.71. The summed E-state index contributed by atoms with van der Waals surface area (Å²) in [7, 11) is 1.47. The third-order valence-electron chi connectivity index (χ3n) is 4.64. The molecule has 0 atom stereocenters. The molecule has 1 aliphatic rings. The summed E-state index contributed by atoms with van der Waals surface area (Å²) in [6.45, 7) is 1.28. The molecule has 9 nitrogen and oxygen atoms in total. The van der Waals surface area contributed by atoms with Crippen molar-refractivity contribution < 1.29 is 33.4 Å². The molecule has 0 bridgehead atoms. The average Bonchev–Trinajstić information content (AvgIpc) is 3.28. The number of nitrogens with two attached hydrogens (primary N) is 1. The number of esters is 2. The van der Waals surface area contributed by atoms with Crippen LogP contribution in [-0.4, -0.2) is 50.7 Å². The van der Waals surface area contributed by atoms with Crippen LogP contribution >= 0.6 is 11.3 Å². The first kappa shape index (κ1) is 22.8. The summed E-state index contributed by atoms with van der Waals surface area (Å²) >= 11 is 0.871. The van der Waals surface area contributed by atoms with Crippen LogP contribution in [0.1, 0.15) is 57.7 Å². The number of amides is 2. The molecule has 2 amide bonds. The Morgan fingerprint density at radius 1 is 1.14 bits per heavy atom. The molecule has 0 spiro atoms. The summed E-state index contributed by atoms with van der Waals surface area (Å²) in [5, 5.41) is 2.63. The molecule has 2 rings (SSSR count). The second kappa shape index (κ2) is 10.9. The van der Waals surface area contributed by atoms with Crippen molar-refractivity contribution in [3.05, 3.63) is 16.0 Å². The van der Waals surface area contributed by atoms with Gasteiger partial charge in [0.05, 0.1) is 17.0 Å². The van der Waals surface area contributed by atoms with Gasteiger partial charge in [-0.15, -0.1) is 11.3 Å². The maximum absolute atomic E-state index is 12.4. The summed E-state index contributed by atoms with van der Waals surface area (Å²) < 4.78 is 15.0. The fourth-order valence-corrected chi connectivity index (χ4v) is 4.25. The Morgan fingerprint density at radius 2 is 1.83 bits per heavy atom. The zero-order valence-corrected chi connectivity index (χ0v) is 17.4. The Labute approximate surface area is 172 Å². The Kier molecular flexibility index (Phi) is 8.59. The number of carbonyl (C=O) groups excluding carboxylic acids is 4. The van der Waals surface area contributed by atoms with Gasteiger partial charge in [-0.05, 0) is 31.2 Å². The minimum absolute atomic E-state index is 0.0166. The second-order valence-corrected chi connectivity index (χ2v) is 7.84. The van der Waals surface area contributed by atoms with E-state index in [0.29, 0.717) is 17.9 Å². The lowest BCUT2D eigenvalue weighted by molar-refractivity contribution is -0.148. The molecule has 1 heterocycles. The van der Waals surface area contributed by atoms with Crippen LogP contribution in [0, 0.1) is 12.8 Å². The molecule has 160 valence electrons. The Morgan fingerprint density at radius 3 is 2.45 bits per heavy atom. The highest BCUT2D eigenvalue weighted by Crippen LogP contribution is 2.33. The van der Waals surface area contributed by atoms with Crippen molar-refractivity contribution >= 4 is 40.1 Å². The predicted molar refractivity (Wildman–Crippen MR) is 106 cm³/mol. The van der Waals surface area contributed by atoms with Crippen molar-refractivity contribution in [1.82, 2.24) is 0 Å². The number of hydrogen-bond acceptors (Lipinski definition) is 8. The molecule has 0 unspecified atom stereocenters. The fraction of sp³-hybridized carbons (Fsp3) is 0.579. The van der Waals surface area contributed by atoms with Gasteiger partial charge in [0.15, 0.2) is 6.61 Å². The molecule has 0 aliphatic heterocycles. The highest BCUT2D eigenvalue weighted by atomic mass is 32.1. The fourth-order valence-electron chi connectivity index (χ4n) is 3.19. The van der Waals surface area contributed by atoms with Gasteiger partial charge in [-0.25, -0.2) is 4.79 Å². The van der Waals surface area contributed by atoms with E-state index in [1.165, 1.54) is 7.11 Å². The normalized spacial score (nSPS) is 13.9. The van der Waals surface area contributed by atoms with E-state index in [1.54, 1.807) is 6.92 Å². The first-order chi connectivity index (χ1) is 13.8. The molecule has 0 radical (unpaired) electrons. The number of nitrogens with one attached hydrogen (secondary N) is 1. The standard InChI is InChI=1S/C19H26N2O7S/c1-11-15(19(25)27-8-7-26-2)18(29-16(11)17(20)24)21-13(22)10-28-14(23)9-12-5-3-4-6-12/h12H,3-10H2,1-2H3,(H2,20,24)(H,21,22). The van der Waals surface area contributed by atoms with Crippen molar-refractivity contribution in [2.24, 2.45) is 11.7 Å². The third-order valence-corrected chi connectivity index (χ3v) is 5.86. The molecule has 0 aromatic carbocycles. The number of anilines is 1. The summed E-state index contributed by atoms with van der Waals surface area (Å²) in [5.74, 6) is -2.16. The smallest absolute Gasteiger partial charge is 0.341 e. The highest BCUT2D eigenvalue weighted by molar-refractivity contribution is 7.18. The van der Waals surface area contributed by atoms with Gasteiger partial charge in [0, 0.05) is 13.5 Å². The van der Waals surface area contributed by atoms with Gasteiger partial charge in [0.25, 0.3) is 11.8 Å². The van der Waals surface area contributed by atoms with Crippen molar-refractivity contribution in [2.75, 3.05) is 32.2 Å². The molecular formula is C19H26N2O7S. The number of primary amides is 1. The van der Waals surface area contributed by atoms with Crippen LogP contribution in [0.3, 0.4) is 0 Å². The van der Waals surface area contributed by atoms with Crippen molar-refractivity contribution in [1.29, 1.82) is 0 Å². The Bertz CT molecular complexity index is 769. The van der Waals surface area contributed by atoms with E-state index in [0.717, 1.165) is 37.0 Å². The van der Waals surface area contributed by atoms with Crippen molar-refractivity contribution in [3.8, 4) is 0 Å². The average molecular weight is 426 g/mol. The SMILES string of the molecule is COCCOC(=O)c1c(NC(=O)COC(=O)CC2CCCC2)sc(C(N)=O)c1C. The van der Waals surface area contributed by atoms with E-state index in [1.807, 2.05) is 0 Å². The number of carbonyl (C=O) groups is 4. The van der Waals surface area contributed by atoms with E-state index in [2.05, 4.69) is 5.32 Å².